The van der Waals surface area contributed by atoms with E-state index < -0.39 is 0 Å². The van der Waals surface area contributed by atoms with Gasteiger partial charge in [0.05, 0.1) is 12.1 Å². The Bertz CT molecular complexity index is 895. The highest BCUT2D eigenvalue weighted by atomic mass is 16.5. The molecule has 0 aliphatic heterocycles. The SMILES string of the molecule is CCOc1ccccc1CCNC(=O)c1nc(N)nc2ccccc12. The van der Waals surface area contributed by atoms with Gasteiger partial charge in [-0.2, -0.15) is 0 Å². The van der Waals surface area contributed by atoms with E-state index in [1.165, 1.54) is 0 Å². The Morgan fingerprint density at radius 3 is 2.72 bits per heavy atom. The number of nitrogen functional groups attached to an aromatic ring is 1. The van der Waals surface area contributed by atoms with Crippen LogP contribution in [0.4, 0.5) is 5.95 Å². The fraction of sp³-hybridized carbons (Fsp3) is 0.211. The predicted molar refractivity (Wildman–Crippen MR) is 97.6 cm³/mol. The molecule has 3 aromatic rings. The number of nitrogens with one attached hydrogen (secondary N) is 1. The minimum atomic E-state index is -0.265. The lowest BCUT2D eigenvalue weighted by Gasteiger charge is -2.11. The number of aromatic nitrogens is 2. The highest BCUT2D eigenvalue weighted by Gasteiger charge is 2.13. The number of nitrogens with zero attached hydrogens (tertiary/aromatic N) is 2. The molecule has 0 saturated heterocycles. The van der Waals surface area contributed by atoms with Crippen molar-refractivity contribution < 1.29 is 9.53 Å². The van der Waals surface area contributed by atoms with Gasteiger partial charge in [-0.1, -0.05) is 36.4 Å². The molecule has 0 atom stereocenters. The number of ether oxygens (including phenoxy) is 1. The summed E-state index contributed by atoms with van der Waals surface area (Å²) in [6, 6.07) is 15.1. The van der Waals surface area contributed by atoms with Crippen molar-refractivity contribution in [3.63, 3.8) is 0 Å². The van der Waals surface area contributed by atoms with Crippen LogP contribution in [0.5, 0.6) is 5.75 Å². The third-order valence-electron chi connectivity index (χ3n) is 3.79. The molecule has 0 radical (unpaired) electrons. The van der Waals surface area contributed by atoms with Gasteiger partial charge in [0.1, 0.15) is 11.4 Å². The molecule has 0 aliphatic rings. The Morgan fingerprint density at radius 1 is 1.12 bits per heavy atom. The highest BCUT2D eigenvalue weighted by molar-refractivity contribution is 6.04. The summed E-state index contributed by atoms with van der Waals surface area (Å²) in [6.07, 6.45) is 0.667. The number of anilines is 1. The summed E-state index contributed by atoms with van der Waals surface area (Å²) in [5.74, 6) is 0.667. The molecule has 25 heavy (non-hydrogen) atoms. The van der Waals surface area contributed by atoms with Crippen molar-refractivity contribution in [2.24, 2.45) is 0 Å². The maximum atomic E-state index is 12.5. The molecule has 0 aliphatic carbocycles. The molecule has 1 aromatic heterocycles. The number of rotatable bonds is 6. The smallest absolute Gasteiger partial charge is 0.270 e. The van der Waals surface area contributed by atoms with E-state index in [0.29, 0.717) is 36.2 Å². The second-order valence-corrected chi connectivity index (χ2v) is 5.49. The number of fused-ring (bicyclic) bond motifs is 1. The van der Waals surface area contributed by atoms with E-state index in [-0.39, 0.29) is 11.9 Å². The highest BCUT2D eigenvalue weighted by Crippen LogP contribution is 2.19. The van der Waals surface area contributed by atoms with Crippen molar-refractivity contribution in [3.05, 3.63) is 59.8 Å². The van der Waals surface area contributed by atoms with E-state index in [2.05, 4.69) is 15.3 Å². The number of hydrogen-bond donors (Lipinski definition) is 2. The Labute approximate surface area is 146 Å². The average molecular weight is 336 g/mol. The van der Waals surface area contributed by atoms with E-state index in [0.717, 1.165) is 11.3 Å². The van der Waals surface area contributed by atoms with Crippen molar-refractivity contribution in [1.82, 2.24) is 15.3 Å². The second kappa shape index (κ2) is 7.61. The van der Waals surface area contributed by atoms with E-state index in [1.54, 1.807) is 0 Å². The van der Waals surface area contributed by atoms with Gasteiger partial charge in [-0.3, -0.25) is 4.79 Å². The largest absolute Gasteiger partial charge is 0.494 e. The van der Waals surface area contributed by atoms with Crippen LogP contribution in [-0.4, -0.2) is 29.0 Å². The molecular weight excluding hydrogens is 316 g/mol. The van der Waals surface area contributed by atoms with Crippen molar-refractivity contribution >= 4 is 22.8 Å². The van der Waals surface area contributed by atoms with Gasteiger partial charge in [-0.05, 0) is 31.0 Å². The van der Waals surface area contributed by atoms with E-state index in [4.69, 9.17) is 10.5 Å². The molecule has 2 aromatic carbocycles. The number of carbonyl (C=O) groups excluding carboxylic acids is 1. The fourth-order valence-corrected chi connectivity index (χ4v) is 2.67. The molecule has 0 bridgehead atoms. The summed E-state index contributed by atoms with van der Waals surface area (Å²) in [5, 5.41) is 3.58. The third kappa shape index (κ3) is 3.85. The van der Waals surface area contributed by atoms with Gasteiger partial charge < -0.3 is 15.8 Å². The number of carbonyl (C=O) groups is 1. The van der Waals surface area contributed by atoms with Gasteiger partial charge in [0, 0.05) is 11.9 Å². The van der Waals surface area contributed by atoms with Crippen LogP contribution in [0.25, 0.3) is 10.9 Å². The first-order valence-corrected chi connectivity index (χ1v) is 8.20. The first-order valence-electron chi connectivity index (χ1n) is 8.20. The van der Waals surface area contributed by atoms with Crippen LogP contribution in [0, 0.1) is 0 Å². The van der Waals surface area contributed by atoms with Crippen molar-refractivity contribution in [3.8, 4) is 5.75 Å². The Kier molecular flexibility index (Phi) is 5.09. The van der Waals surface area contributed by atoms with Crippen molar-refractivity contribution in [2.45, 2.75) is 13.3 Å². The molecule has 1 heterocycles. The Morgan fingerprint density at radius 2 is 1.88 bits per heavy atom. The zero-order valence-electron chi connectivity index (χ0n) is 14.0. The number of amides is 1. The molecule has 0 spiro atoms. The lowest BCUT2D eigenvalue weighted by atomic mass is 10.1. The summed E-state index contributed by atoms with van der Waals surface area (Å²) in [5.41, 5.74) is 7.72. The molecule has 0 unspecified atom stereocenters. The molecule has 1 amide bonds. The monoisotopic (exact) mass is 336 g/mol. The maximum absolute atomic E-state index is 12.5. The summed E-state index contributed by atoms with van der Waals surface area (Å²) in [7, 11) is 0. The van der Waals surface area contributed by atoms with Crippen LogP contribution in [0.3, 0.4) is 0 Å². The lowest BCUT2D eigenvalue weighted by molar-refractivity contribution is 0.0951. The second-order valence-electron chi connectivity index (χ2n) is 5.49. The van der Waals surface area contributed by atoms with Crippen LogP contribution < -0.4 is 15.8 Å². The number of benzene rings is 2. The summed E-state index contributed by atoms with van der Waals surface area (Å²) in [6.45, 7) is 3.03. The standard InChI is InChI=1S/C19H20N4O2/c1-2-25-16-10-6-3-7-13(16)11-12-21-18(24)17-14-8-4-5-9-15(14)22-19(20)23-17/h3-10H,2,11-12H2,1H3,(H,21,24)(H2,20,22,23). The molecule has 6 nitrogen and oxygen atoms in total. The number of hydrogen-bond acceptors (Lipinski definition) is 5. The summed E-state index contributed by atoms with van der Waals surface area (Å²) in [4.78, 5) is 20.8. The Balaban J connectivity index is 1.72. The molecule has 0 saturated carbocycles. The lowest BCUT2D eigenvalue weighted by Crippen LogP contribution is -2.27. The van der Waals surface area contributed by atoms with Crippen molar-refractivity contribution in [1.29, 1.82) is 0 Å². The average Bonchev–Trinajstić information content (AvgIpc) is 2.62. The first kappa shape index (κ1) is 16.7. The topological polar surface area (TPSA) is 90.1 Å². The minimum Gasteiger partial charge on any atom is -0.494 e. The van der Waals surface area contributed by atoms with Gasteiger partial charge in [-0.25, -0.2) is 9.97 Å². The first-order chi connectivity index (χ1) is 12.2. The van der Waals surface area contributed by atoms with Crippen LogP contribution in [-0.2, 0) is 6.42 Å². The van der Waals surface area contributed by atoms with Gasteiger partial charge in [0.2, 0.25) is 5.95 Å². The van der Waals surface area contributed by atoms with Gasteiger partial charge in [-0.15, -0.1) is 0 Å². The van der Waals surface area contributed by atoms with Crippen LogP contribution in [0.2, 0.25) is 0 Å². The van der Waals surface area contributed by atoms with Crippen LogP contribution in [0.15, 0.2) is 48.5 Å². The number of nitrogens with two attached hydrogens (primary N) is 1. The summed E-state index contributed by atoms with van der Waals surface area (Å²) >= 11 is 0. The molecule has 128 valence electrons. The van der Waals surface area contributed by atoms with Crippen molar-refractivity contribution in [2.75, 3.05) is 18.9 Å². The predicted octanol–water partition coefficient (Wildman–Crippen LogP) is 2.58. The quantitative estimate of drug-likeness (QED) is 0.722. The minimum absolute atomic E-state index is 0.0885. The number of para-hydroxylation sites is 2. The normalized spacial score (nSPS) is 10.6. The molecule has 0 fully saturated rings. The van der Waals surface area contributed by atoms with Gasteiger partial charge >= 0.3 is 0 Å². The molecule has 6 heteroatoms. The summed E-state index contributed by atoms with van der Waals surface area (Å²) < 4.78 is 5.60. The van der Waals surface area contributed by atoms with Gasteiger partial charge in [0.25, 0.3) is 5.91 Å². The molecule has 3 rings (SSSR count). The van der Waals surface area contributed by atoms with Gasteiger partial charge in [0.15, 0.2) is 0 Å². The van der Waals surface area contributed by atoms with Crippen LogP contribution in [0.1, 0.15) is 23.0 Å². The Hall–Kier alpha value is -3.15. The van der Waals surface area contributed by atoms with Crippen LogP contribution >= 0.6 is 0 Å². The molecule has 3 N–H and O–H groups in total. The van der Waals surface area contributed by atoms with E-state index >= 15 is 0 Å². The van der Waals surface area contributed by atoms with E-state index in [1.807, 2.05) is 55.5 Å². The third-order valence-corrected chi connectivity index (χ3v) is 3.79. The zero-order valence-corrected chi connectivity index (χ0v) is 14.0. The van der Waals surface area contributed by atoms with E-state index in [9.17, 15) is 4.79 Å². The molecular formula is C19H20N4O2. The zero-order chi connectivity index (χ0) is 17.6. The maximum Gasteiger partial charge on any atom is 0.270 e. The fourth-order valence-electron chi connectivity index (χ4n) is 2.67.